The molecule has 0 amide bonds. The molecule has 1 atom stereocenters. The number of hydrogen-bond acceptors (Lipinski definition) is 4. The summed E-state index contributed by atoms with van der Waals surface area (Å²) >= 11 is 1.55. The lowest BCUT2D eigenvalue weighted by Gasteiger charge is -2.26. The Morgan fingerprint density at radius 3 is 2.83 bits per heavy atom. The molecule has 5 heteroatoms. The van der Waals surface area contributed by atoms with Crippen LogP contribution in [0, 0.1) is 5.92 Å². The SMILES string of the molecule is CC(C)CC(C)N(C)c1nc2sccn2c1C=O. The first kappa shape index (κ1) is 13.1. The minimum atomic E-state index is 0.369. The quantitative estimate of drug-likeness (QED) is 0.780. The Kier molecular flexibility index (Phi) is 3.71. The van der Waals surface area contributed by atoms with Crippen molar-refractivity contribution in [2.45, 2.75) is 33.2 Å². The van der Waals surface area contributed by atoms with Gasteiger partial charge in [-0.3, -0.25) is 9.20 Å². The summed E-state index contributed by atoms with van der Waals surface area (Å²) in [5.41, 5.74) is 0.643. The van der Waals surface area contributed by atoms with Gasteiger partial charge in [0.05, 0.1) is 0 Å². The van der Waals surface area contributed by atoms with Crippen LogP contribution >= 0.6 is 11.3 Å². The highest BCUT2D eigenvalue weighted by molar-refractivity contribution is 7.15. The van der Waals surface area contributed by atoms with Crippen molar-refractivity contribution in [1.82, 2.24) is 9.38 Å². The van der Waals surface area contributed by atoms with E-state index in [0.717, 1.165) is 23.5 Å². The van der Waals surface area contributed by atoms with Crippen molar-refractivity contribution in [3.05, 3.63) is 17.3 Å². The second-order valence-corrected chi connectivity index (χ2v) is 5.96. The zero-order chi connectivity index (χ0) is 13.3. The van der Waals surface area contributed by atoms with Gasteiger partial charge in [-0.2, -0.15) is 0 Å². The molecule has 0 fully saturated rings. The number of rotatable bonds is 5. The van der Waals surface area contributed by atoms with Gasteiger partial charge in [-0.25, -0.2) is 4.98 Å². The van der Waals surface area contributed by atoms with Gasteiger partial charge in [0.15, 0.2) is 17.1 Å². The minimum absolute atomic E-state index is 0.369. The van der Waals surface area contributed by atoms with Crippen molar-refractivity contribution >= 4 is 28.4 Å². The summed E-state index contributed by atoms with van der Waals surface area (Å²) in [4.78, 5) is 18.8. The van der Waals surface area contributed by atoms with Gasteiger partial charge in [-0.1, -0.05) is 13.8 Å². The van der Waals surface area contributed by atoms with Crippen LogP contribution in [0.3, 0.4) is 0 Å². The summed E-state index contributed by atoms with van der Waals surface area (Å²) in [6.45, 7) is 6.58. The average Bonchev–Trinajstić information content (AvgIpc) is 2.85. The fraction of sp³-hybridized carbons (Fsp3) is 0.538. The number of carbonyl (C=O) groups excluding carboxylic acids is 1. The number of anilines is 1. The molecule has 4 nitrogen and oxygen atoms in total. The van der Waals surface area contributed by atoms with E-state index in [2.05, 4.69) is 30.7 Å². The monoisotopic (exact) mass is 265 g/mol. The summed E-state index contributed by atoms with van der Waals surface area (Å²) in [6, 6.07) is 0.369. The number of nitrogens with zero attached hydrogens (tertiary/aromatic N) is 3. The lowest BCUT2D eigenvalue weighted by molar-refractivity contribution is 0.111. The predicted molar refractivity (Wildman–Crippen MR) is 75.8 cm³/mol. The van der Waals surface area contributed by atoms with Crippen LogP contribution in [0.1, 0.15) is 37.7 Å². The minimum Gasteiger partial charge on any atom is -0.355 e. The van der Waals surface area contributed by atoms with Crippen molar-refractivity contribution in [2.75, 3.05) is 11.9 Å². The molecule has 0 aliphatic carbocycles. The standard InChI is InChI=1S/C13H19N3OS/c1-9(2)7-10(3)15(4)12-11(8-17)16-5-6-18-13(16)14-12/h5-6,8-10H,7H2,1-4H3. The average molecular weight is 265 g/mol. The van der Waals surface area contributed by atoms with Gasteiger partial charge in [0, 0.05) is 24.7 Å². The molecule has 0 N–H and O–H groups in total. The van der Waals surface area contributed by atoms with Gasteiger partial charge in [0.1, 0.15) is 5.69 Å². The Balaban J connectivity index is 2.34. The molecule has 0 saturated carbocycles. The topological polar surface area (TPSA) is 37.6 Å². The van der Waals surface area contributed by atoms with Gasteiger partial charge in [0.25, 0.3) is 0 Å². The number of imidazole rings is 1. The maximum atomic E-state index is 11.3. The van der Waals surface area contributed by atoms with E-state index in [1.54, 1.807) is 11.3 Å². The number of thiazole rings is 1. The van der Waals surface area contributed by atoms with Crippen LogP contribution in [0.2, 0.25) is 0 Å². The molecule has 18 heavy (non-hydrogen) atoms. The number of carbonyl (C=O) groups is 1. The second kappa shape index (κ2) is 5.10. The first-order chi connectivity index (χ1) is 8.54. The first-order valence-electron chi connectivity index (χ1n) is 6.18. The van der Waals surface area contributed by atoms with Crippen molar-refractivity contribution < 1.29 is 4.79 Å². The third kappa shape index (κ3) is 2.27. The van der Waals surface area contributed by atoms with Crippen molar-refractivity contribution in [1.29, 1.82) is 0 Å². The largest absolute Gasteiger partial charge is 0.355 e. The van der Waals surface area contributed by atoms with E-state index in [4.69, 9.17) is 0 Å². The molecule has 2 heterocycles. The maximum Gasteiger partial charge on any atom is 0.196 e. The van der Waals surface area contributed by atoms with Crippen LogP contribution in [0.25, 0.3) is 4.96 Å². The molecule has 2 aromatic heterocycles. The fourth-order valence-electron chi connectivity index (χ4n) is 2.21. The maximum absolute atomic E-state index is 11.3. The molecular formula is C13H19N3OS. The number of aromatic nitrogens is 2. The highest BCUT2D eigenvalue weighted by Crippen LogP contribution is 2.25. The molecule has 2 rings (SSSR count). The molecule has 0 radical (unpaired) electrons. The summed E-state index contributed by atoms with van der Waals surface area (Å²) in [7, 11) is 2.01. The summed E-state index contributed by atoms with van der Waals surface area (Å²) < 4.78 is 1.85. The van der Waals surface area contributed by atoms with Gasteiger partial charge in [0.2, 0.25) is 0 Å². The summed E-state index contributed by atoms with van der Waals surface area (Å²) in [6.07, 6.45) is 3.86. The van der Waals surface area contributed by atoms with Gasteiger partial charge < -0.3 is 4.90 Å². The molecule has 0 aliphatic heterocycles. The molecule has 0 aliphatic rings. The molecule has 1 unspecified atom stereocenters. The van der Waals surface area contributed by atoms with Crippen LogP contribution in [0.15, 0.2) is 11.6 Å². The molecule has 0 aromatic carbocycles. The summed E-state index contributed by atoms with van der Waals surface area (Å²) in [5, 5.41) is 1.94. The van der Waals surface area contributed by atoms with E-state index in [9.17, 15) is 4.79 Å². The first-order valence-corrected chi connectivity index (χ1v) is 7.06. The van der Waals surface area contributed by atoms with E-state index in [0.29, 0.717) is 17.7 Å². The second-order valence-electron chi connectivity index (χ2n) is 5.08. The normalized spacial score (nSPS) is 13.2. The van der Waals surface area contributed by atoms with Crippen LogP contribution < -0.4 is 4.90 Å². The predicted octanol–water partition coefficient (Wildman–Crippen LogP) is 3.08. The smallest absolute Gasteiger partial charge is 0.196 e. The highest BCUT2D eigenvalue weighted by atomic mass is 32.1. The molecule has 0 spiro atoms. The fourth-order valence-corrected chi connectivity index (χ4v) is 2.93. The third-order valence-corrected chi connectivity index (χ3v) is 3.96. The molecule has 2 aromatic rings. The van der Waals surface area contributed by atoms with E-state index < -0.39 is 0 Å². The highest BCUT2D eigenvalue weighted by Gasteiger charge is 2.20. The Labute approximate surface area is 111 Å². The van der Waals surface area contributed by atoms with E-state index in [1.165, 1.54) is 0 Å². The lowest BCUT2D eigenvalue weighted by atomic mass is 10.0. The van der Waals surface area contributed by atoms with Crippen LogP contribution in [-0.2, 0) is 0 Å². The Bertz CT molecular complexity index is 543. The van der Waals surface area contributed by atoms with Crippen molar-refractivity contribution in [2.24, 2.45) is 5.92 Å². The Hall–Kier alpha value is -1.36. The summed E-state index contributed by atoms with van der Waals surface area (Å²) in [5.74, 6) is 1.41. The third-order valence-electron chi connectivity index (χ3n) is 3.20. The van der Waals surface area contributed by atoms with Gasteiger partial charge in [-0.05, 0) is 19.3 Å². The number of aldehydes is 1. The van der Waals surface area contributed by atoms with E-state index in [1.807, 2.05) is 23.0 Å². The zero-order valence-electron chi connectivity index (χ0n) is 11.3. The van der Waals surface area contributed by atoms with Crippen LogP contribution in [0.4, 0.5) is 5.82 Å². The molecule has 98 valence electrons. The molecule has 0 saturated heterocycles. The Morgan fingerprint density at radius 1 is 1.50 bits per heavy atom. The van der Waals surface area contributed by atoms with Crippen molar-refractivity contribution in [3.8, 4) is 0 Å². The van der Waals surface area contributed by atoms with E-state index in [-0.39, 0.29) is 0 Å². The van der Waals surface area contributed by atoms with Crippen LogP contribution in [-0.4, -0.2) is 28.8 Å². The van der Waals surface area contributed by atoms with Gasteiger partial charge in [-0.15, -0.1) is 11.3 Å². The number of hydrogen-bond donors (Lipinski definition) is 0. The molecule has 0 bridgehead atoms. The lowest BCUT2D eigenvalue weighted by Crippen LogP contribution is -2.31. The Morgan fingerprint density at radius 2 is 2.22 bits per heavy atom. The van der Waals surface area contributed by atoms with Gasteiger partial charge >= 0.3 is 0 Å². The van der Waals surface area contributed by atoms with Crippen LogP contribution in [0.5, 0.6) is 0 Å². The van der Waals surface area contributed by atoms with Crippen molar-refractivity contribution in [3.63, 3.8) is 0 Å². The number of fused-ring (bicyclic) bond motifs is 1. The van der Waals surface area contributed by atoms with E-state index >= 15 is 0 Å². The molecular weight excluding hydrogens is 246 g/mol. The zero-order valence-corrected chi connectivity index (χ0v) is 12.1.